The molecule has 2 rings (SSSR count). The highest BCUT2D eigenvalue weighted by atomic mass is 32.2. The molecule has 0 fully saturated rings. The molecule has 0 spiro atoms. The maximum Gasteiger partial charge on any atom is 0.121 e. The second-order valence-corrected chi connectivity index (χ2v) is 12.0. The van der Waals surface area contributed by atoms with Crippen LogP contribution in [-0.4, -0.2) is 21.2 Å². The lowest BCUT2D eigenvalue weighted by molar-refractivity contribution is 0.459. The van der Waals surface area contributed by atoms with Gasteiger partial charge in [-0.3, -0.25) is 0 Å². The second-order valence-electron chi connectivity index (χ2n) is 10.6. The van der Waals surface area contributed by atoms with E-state index in [1.165, 1.54) is 81.1 Å². The van der Waals surface area contributed by atoms with Gasteiger partial charge in [0.1, 0.15) is 11.5 Å². The highest BCUT2D eigenvalue weighted by Crippen LogP contribution is 2.32. The maximum atomic E-state index is 10.7. The van der Waals surface area contributed by atoms with E-state index in [0.29, 0.717) is 16.7 Å². The molecule has 0 radical (unpaired) electrons. The SMILES string of the molecule is CCCCCCCCCCCCSC(CCc1cc(C)cc(C)c1O)Cc1cc(C)cc(C)c1O. The lowest BCUT2D eigenvalue weighted by Crippen LogP contribution is -2.11. The summed E-state index contributed by atoms with van der Waals surface area (Å²) < 4.78 is 0. The Morgan fingerprint density at radius 2 is 1.14 bits per heavy atom. The smallest absolute Gasteiger partial charge is 0.121 e. The number of unbranched alkanes of at least 4 members (excludes halogenated alkanes) is 9. The van der Waals surface area contributed by atoms with Gasteiger partial charge in [0.05, 0.1) is 0 Å². The van der Waals surface area contributed by atoms with Gasteiger partial charge >= 0.3 is 0 Å². The minimum Gasteiger partial charge on any atom is -0.507 e. The Bertz CT molecular complexity index is 890. The van der Waals surface area contributed by atoms with E-state index >= 15 is 0 Å². The van der Waals surface area contributed by atoms with Crippen LogP contribution in [-0.2, 0) is 12.8 Å². The molecule has 196 valence electrons. The van der Waals surface area contributed by atoms with Gasteiger partial charge in [0, 0.05) is 5.25 Å². The molecule has 0 heterocycles. The molecule has 0 saturated heterocycles. The van der Waals surface area contributed by atoms with Crippen LogP contribution in [0.5, 0.6) is 11.5 Å². The average molecular weight is 499 g/mol. The minimum absolute atomic E-state index is 0.431. The van der Waals surface area contributed by atoms with Crippen LogP contribution < -0.4 is 0 Å². The molecule has 2 nitrogen and oxygen atoms in total. The van der Waals surface area contributed by atoms with Gasteiger partial charge in [-0.15, -0.1) is 0 Å². The molecule has 0 aliphatic heterocycles. The highest BCUT2D eigenvalue weighted by molar-refractivity contribution is 7.99. The number of thioether (sulfide) groups is 1. The van der Waals surface area contributed by atoms with Crippen molar-refractivity contribution < 1.29 is 10.2 Å². The number of phenols is 2. The molecule has 0 aromatic heterocycles. The molecule has 0 bridgehead atoms. The Morgan fingerprint density at radius 3 is 1.71 bits per heavy atom. The predicted molar refractivity (Wildman–Crippen MR) is 155 cm³/mol. The third kappa shape index (κ3) is 10.9. The van der Waals surface area contributed by atoms with Crippen LogP contribution in [0.1, 0.15) is 111 Å². The first-order valence-corrected chi connectivity index (χ1v) is 15.1. The summed E-state index contributed by atoms with van der Waals surface area (Å²) >= 11 is 2.05. The lowest BCUT2D eigenvalue weighted by atomic mass is 9.97. The fourth-order valence-electron chi connectivity index (χ4n) is 5.09. The summed E-state index contributed by atoms with van der Waals surface area (Å²) in [6, 6.07) is 8.37. The van der Waals surface area contributed by atoms with Crippen molar-refractivity contribution in [2.24, 2.45) is 0 Å². The van der Waals surface area contributed by atoms with Gasteiger partial charge in [-0.1, -0.05) is 100 Å². The monoisotopic (exact) mass is 498 g/mol. The third-order valence-electron chi connectivity index (χ3n) is 7.08. The van der Waals surface area contributed by atoms with Gasteiger partial charge in [0.25, 0.3) is 0 Å². The number of phenolic OH excluding ortho intramolecular Hbond substituents is 2. The predicted octanol–water partition coefficient (Wildman–Crippen LogP) is 9.53. The Morgan fingerprint density at radius 1 is 0.657 bits per heavy atom. The average Bonchev–Trinajstić information content (AvgIpc) is 2.81. The summed E-state index contributed by atoms with van der Waals surface area (Å²) in [5.41, 5.74) is 6.45. The van der Waals surface area contributed by atoms with Crippen molar-refractivity contribution in [2.75, 3.05) is 5.75 Å². The molecule has 2 aromatic carbocycles. The van der Waals surface area contributed by atoms with Crippen molar-refractivity contribution in [2.45, 2.75) is 123 Å². The van der Waals surface area contributed by atoms with Crippen molar-refractivity contribution in [3.63, 3.8) is 0 Å². The number of aromatic hydroxyl groups is 2. The van der Waals surface area contributed by atoms with Crippen LogP contribution in [0.25, 0.3) is 0 Å². The zero-order valence-corrected chi connectivity index (χ0v) is 23.9. The topological polar surface area (TPSA) is 40.5 Å². The molecule has 2 aromatic rings. The summed E-state index contributed by atoms with van der Waals surface area (Å²) in [5.74, 6) is 2.07. The van der Waals surface area contributed by atoms with E-state index in [2.05, 4.69) is 50.7 Å². The molecule has 0 aliphatic rings. The van der Waals surface area contributed by atoms with Crippen molar-refractivity contribution in [3.8, 4) is 11.5 Å². The lowest BCUT2D eigenvalue weighted by Gasteiger charge is -2.19. The first-order chi connectivity index (χ1) is 16.8. The minimum atomic E-state index is 0.431. The van der Waals surface area contributed by atoms with Crippen LogP contribution in [0.3, 0.4) is 0 Å². The number of hydrogen-bond donors (Lipinski definition) is 2. The van der Waals surface area contributed by atoms with E-state index in [4.69, 9.17) is 0 Å². The summed E-state index contributed by atoms with van der Waals surface area (Å²) in [7, 11) is 0. The van der Waals surface area contributed by atoms with E-state index in [0.717, 1.165) is 41.5 Å². The number of rotatable bonds is 17. The summed E-state index contributed by atoms with van der Waals surface area (Å²) in [5, 5.41) is 21.7. The van der Waals surface area contributed by atoms with Crippen molar-refractivity contribution in [3.05, 3.63) is 57.6 Å². The number of benzene rings is 2. The van der Waals surface area contributed by atoms with Gasteiger partial charge in [-0.25, -0.2) is 0 Å². The molecule has 1 unspecified atom stereocenters. The highest BCUT2D eigenvalue weighted by Gasteiger charge is 2.16. The van der Waals surface area contributed by atoms with Crippen LogP contribution in [0.15, 0.2) is 24.3 Å². The molecule has 35 heavy (non-hydrogen) atoms. The third-order valence-corrected chi connectivity index (χ3v) is 8.48. The Hall–Kier alpha value is -1.61. The van der Waals surface area contributed by atoms with Crippen LogP contribution >= 0.6 is 11.8 Å². The quantitative estimate of drug-likeness (QED) is 0.213. The van der Waals surface area contributed by atoms with Crippen LogP contribution in [0.4, 0.5) is 0 Å². The molecule has 1 atom stereocenters. The Balaban J connectivity index is 1.87. The van der Waals surface area contributed by atoms with E-state index in [1.807, 2.05) is 19.9 Å². The Kier molecular flexibility index (Phi) is 13.7. The zero-order chi connectivity index (χ0) is 25.6. The molecular formula is C32H50O2S. The molecule has 0 saturated carbocycles. The van der Waals surface area contributed by atoms with Crippen molar-refractivity contribution in [1.82, 2.24) is 0 Å². The standard InChI is InChI=1S/C32H50O2S/c1-6-7-8-9-10-11-12-13-14-15-18-35-30(23-29-22-25(3)20-27(5)32(29)34)17-16-28-21-24(2)19-26(4)31(28)33/h19-22,30,33-34H,6-18,23H2,1-5H3. The van der Waals surface area contributed by atoms with E-state index in [-0.39, 0.29) is 0 Å². The number of aryl methyl sites for hydroxylation is 5. The molecule has 3 heteroatoms. The Labute approximate surface area is 219 Å². The first kappa shape index (κ1) is 29.6. The normalized spacial score (nSPS) is 12.3. The van der Waals surface area contributed by atoms with Crippen LogP contribution in [0.2, 0.25) is 0 Å². The summed E-state index contributed by atoms with van der Waals surface area (Å²) in [6.07, 6.45) is 16.4. The number of hydrogen-bond acceptors (Lipinski definition) is 3. The van der Waals surface area contributed by atoms with Gasteiger partial charge in [0.2, 0.25) is 0 Å². The van der Waals surface area contributed by atoms with E-state index < -0.39 is 0 Å². The first-order valence-electron chi connectivity index (χ1n) is 14.0. The zero-order valence-electron chi connectivity index (χ0n) is 23.1. The van der Waals surface area contributed by atoms with Gasteiger partial charge in [-0.05, 0) is 81.4 Å². The van der Waals surface area contributed by atoms with Gasteiger partial charge < -0.3 is 10.2 Å². The van der Waals surface area contributed by atoms with Gasteiger partial charge in [-0.2, -0.15) is 11.8 Å². The van der Waals surface area contributed by atoms with Crippen LogP contribution in [0, 0.1) is 27.7 Å². The fraction of sp³-hybridized carbons (Fsp3) is 0.625. The molecule has 0 aliphatic carbocycles. The fourth-order valence-corrected chi connectivity index (χ4v) is 6.37. The summed E-state index contributed by atoms with van der Waals surface area (Å²) in [6.45, 7) is 10.5. The maximum absolute atomic E-state index is 10.7. The van der Waals surface area contributed by atoms with Crippen molar-refractivity contribution >= 4 is 11.8 Å². The van der Waals surface area contributed by atoms with E-state index in [1.54, 1.807) is 0 Å². The molecule has 0 amide bonds. The van der Waals surface area contributed by atoms with Crippen molar-refractivity contribution in [1.29, 1.82) is 0 Å². The van der Waals surface area contributed by atoms with Gasteiger partial charge in [0.15, 0.2) is 0 Å². The molecule has 2 N–H and O–H groups in total. The molecular weight excluding hydrogens is 448 g/mol. The van der Waals surface area contributed by atoms with E-state index in [9.17, 15) is 10.2 Å². The second kappa shape index (κ2) is 16.2. The largest absolute Gasteiger partial charge is 0.507 e. The summed E-state index contributed by atoms with van der Waals surface area (Å²) in [4.78, 5) is 0.